The molecule has 0 spiro atoms. The zero-order valence-electron chi connectivity index (χ0n) is 14.5. The van der Waals surface area contributed by atoms with E-state index in [4.69, 9.17) is 13.9 Å². The first kappa shape index (κ1) is 18.0. The Kier molecular flexibility index (Phi) is 4.70. The van der Waals surface area contributed by atoms with Gasteiger partial charge >= 0.3 is 6.01 Å². The molecule has 1 N–H and O–H groups in total. The van der Waals surface area contributed by atoms with Crippen LogP contribution in [0.2, 0.25) is 0 Å². The van der Waals surface area contributed by atoms with E-state index < -0.39 is 15.7 Å². The Labute approximate surface area is 160 Å². The highest BCUT2D eigenvalue weighted by Gasteiger charge is 2.19. The maximum Gasteiger partial charge on any atom is 0.322 e. The highest BCUT2D eigenvalue weighted by Crippen LogP contribution is 2.35. The van der Waals surface area contributed by atoms with Crippen molar-refractivity contribution >= 4 is 21.8 Å². The first-order valence-electron chi connectivity index (χ1n) is 8.32. The topological polar surface area (TPSA) is 121 Å². The second kappa shape index (κ2) is 7.31. The molecule has 0 bridgehead atoms. The van der Waals surface area contributed by atoms with Gasteiger partial charge in [-0.15, -0.1) is 5.10 Å². The second-order valence-electron chi connectivity index (χ2n) is 5.91. The molecule has 144 valence electrons. The zero-order valence-corrected chi connectivity index (χ0v) is 15.3. The van der Waals surface area contributed by atoms with E-state index >= 15 is 0 Å². The average molecular weight is 401 g/mol. The maximum atomic E-state index is 12.2. The molecule has 0 fully saturated rings. The van der Waals surface area contributed by atoms with Crippen molar-refractivity contribution in [2.45, 2.75) is 11.3 Å². The largest absolute Gasteiger partial charge is 0.454 e. The fourth-order valence-electron chi connectivity index (χ4n) is 2.57. The average Bonchev–Trinajstić information content (AvgIpc) is 3.36. The first-order chi connectivity index (χ1) is 13.5. The molecule has 0 atom stereocenters. The predicted molar refractivity (Wildman–Crippen MR) is 97.6 cm³/mol. The SMILES string of the molecule is O=C(CCS(=O)(=O)c1ccccc1)Nc1nnc(-c2ccc3c(c2)OCO3)o1. The summed E-state index contributed by atoms with van der Waals surface area (Å²) in [5.74, 6) is 0.501. The number of carbonyl (C=O) groups is 1. The van der Waals surface area contributed by atoms with Gasteiger partial charge in [0, 0.05) is 12.0 Å². The van der Waals surface area contributed by atoms with Gasteiger partial charge in [-0.25, -0.2) is 8.42 Å². The Balaban J connectivity index is 1.38. The number of ether oxygens (including phenoxy) is 2. The van der Waals surface area contributed by atoms with Crippen LogP contribution in [-0.4, -0.2) is 37.1 Å². The highest BCUT2D eigenvalue weighted by molar-refractivity contribution is 7.91. The molecule has 10 heteroatoms. The minimum atomic E-state index is -3.54. The van der Waals surface area contributed by atoms with E-state index in [0.29, 0.717) is 17.1 Å². The van der Waals surface area contributed by atoms with Gasteiger partial charge in [-0.3, -0.25) is 10.1 Å². The Hall–Kier alpha value is -3.40. The van der Waals surface area contributed by atoms with Gasteiger partial charge in [-0.1, -0.05) is 23.3 Å². The first-order valence-corrected chi connectivity index (χ1v) is 9.98. The summed E-state index contributed by atoms with van der Waals surface area (Å²) in [7, 11) is -3.54. The molecule has 4 rings (SSSR count). The van der Waals surface area contributed by atoms with Gasteiger partial charge < -0.3 is 13.9 Å². The van der Waals surface area contributed by atoms with Gasteiger partial charge in [0.1, 0.15) is 0 Å². The lowest BCUT2D eigenvalue weighted by atomic mass is 10.2. The smallest absolute Gasteiger partial charge is 0.322 e. The number of fused-ring (bicyclic) bond motifs is 1. The Morgan fingerprint density at radius 1 is 1.04 bits per heavy atom. The number of sulfone groups is 1. The molecule has 1 aliphatic rings. The van der Waals surface area contributed by atoms with Crippen LogP contribution in [0.1, 0.15) is 6.42 Å². The van der Waals surface area contributed by atoms with Gasteiger partial charge in [0.15, 0.2) is 21.3 Å². The van der Waals surface area contributed by atoms with E-state index in [9.17, 15) is 13.2 Å². The standard InChI is InChI=1S/C18H15N3O6S/c22-16(8-9-28(23,24)13-4-2-1-3-5-13)19-18-21-20-17(27-18)12-6-7-14-15(10-12)26-11-25-14/h1-7,10H,8-9,11H2,(H,19,21,22). The van der Waals surface area contributed by atoms with Crippen molar-refractivity contribution in [2.75, 3.05) is 17.9 Å². The monoisotopic (exact) mass is 401 g/mol. The molecule has 0 saturated heterocycles. The molecule has 9 nitrogen and oxygen atoms in total. The number of carbonyl (C=O) groups excluding carboxylic acids is 1. The number of anilines is 1. The maximum absolute atomic E-state index is 12.2. The molecule has 0 unspecified atom stereocenters. The molecule has 1 aromatic heterocycles. The number of amides is 1. The van der Waals surface area contributed by atoms with E-state index in [1.54, 1.807) is 36.4 Å². The van der Waals surface area contributed by atoms with Crippen molar-refractivity contribution in [3.05, 3.63) is 48.5 Å². The van der Waals surface area contributed by atoms with E-state index in [0.717, 1.165) is 0 Å². The van der Waals surface area contributed by atoms with Gasteiger partial charge in [0.25, 0.3) is 0 Å². The lowest BCUT2D eigenvalue weighted by molar-refractivity contribution is -0.115. The highest BCUT2D eigenvalue weighted by atomic mass is 32.2. The number of nitrogens with zero attached hydrogens (tertiary/aromatic N) is 2. The van der Waals surface area contributed by atoms with Crippen LogP contribution in [0.5, 0.6) is 11.5 Å². The lowest BCUT2D eigenvalue weighted by Gasteiger charge is -2.04. The summed E-state index contributed by atoms with van der Waals surface area (Å²) in [5.41, 5.74) is 0.601. The van der Waals surface area contributed by atoms with Crippen LogP contribution >= 0.6 is 0 Å². The van der Waals surface area contributed by atoms with Crippen LogP contribution in [-0.2, 0) is 14.6 Å². The number of rotatable bonds is 6. The minimum Gasteiger partial charge on any atom is -0.454 e. The third-order valence-corrected chi connectivity index (χ3v) is 5.72. The van der Waals surface area contributed by atoms with Crippen molar-refractivity contribution in [3.63, 3.8) is 0 Å². The molecule has 0 saturated carbocycles. The summed E-state index contributed by atoms with van der Waals surface area (Å²) >= 11 is 0. The minimum absolute atomic E-state index is 0.116. The molecule has 2 aromatic carbocycles. The Morgan fingerprint density at radius 2 is 1.82 bits per heavy atom. The Bertz CT molecular complexity index is 1110. The van der Waals surface area contributed by atoms with Gasteiger partial charge in [-0.2, -0.15) is 0 Å². The number of hydrogen-bond donors (Lipinski definition) is 1. The van der Waals surface area contributed by atoms with Crippen LogP contribution < -0.4 is 14.8 Å². The lowest BCUT2D eigenvalue weighted by Crippen LogP contribution is -2.17. The van der Waals surface area contributed by atoms with Crippen LogP contribution in [0.4, 0.5) is 6.01 Å². The van der Waals surface area contributed by atoms with Crippen LogP contribution in [0, 0.1) is 0 Å². The van der Waals surface area contributed by atoms with Gasteiger partial charge in [-0.05, 0) is 30.3 Å². The number of nitrogens with one attached hydrogen (secondary N) is 1. The summed E-state index contributed by atoms with van der Waals surface area (Å²) in [6.07, 6.45) is -0.237. The molecule has 0 aliphatic carbocycles. The zero-order chi connectivity index (χ0) is 19.6. The quantitative estimate of drug-likeness (QED) is 0.668. The van der Waals surface area contributed by atoms with Crippen LogP contribution in [0.15, 0.2) is 57.8 Å². The van der Waals surface area contributed by atoms with E-state index in [1.807, 2.05) is 0 Å². The summed E-state index contributed by atoms with van der Waals surface area (Å²) in [6, 6.07) is 13.0. The van der Waals surface area contributed by atoms with Crippen molar-refractivity contribution in [1.82, 2.24) is 10.2 Å². The fraction of sp³-hybridized carbons (Fsp3) is 0.167. The second-order valence-corrected chi connectivity index (χ2v) is 8.02. The molecular formula is C18H15N3O6S. The predicted octanol–water partition coefficient (Wildman–Crippen LogP) is 2.27. The molecule has 2 heterocycles. The van der Waals surface area contributed by atoms with Crippen molar-refractivity contribution in [1.29, 1.82) is 0 Å². The fourth-order valence-corrected chi connectivity index (χ4v) is 3.84. The van der Waals surface area contributed by atoms with Crippen LogP contribution in [0.25, 0.3) is 11.5 Å². The third-order valence-electron chi connectivity index (χ3n) is 3.99. The van der Waals surface area contributed by atoms with Crippen LogP contribution in [0.3, 0.4) is 0 Å². The molecule has 1 aliphatic heterocycles. The van der Waals surface area contributed by atoms with Gasteiger partial charge in [0.05, 0.1) is 10.6 Å². The summed E-state index contributed by atoms with van der Waals surface area (Å²) in [4.78, 5) is 12.2. The third kappa shape index (κ3) is 3.81. The molecule has 3 aromatic rings. The van der Waals surface area contributed by atoms with E-state index in [2.05, 4.69) is 15.5 Å². The van der Waals surface area contributed by atoms with E-state index in [-0.39, 0.29) is 35.8 Å². The number of aromatic nitrogens is 2. The van der Waals surface area contributed by atoms with Crippen molar-refractivity contribution in [3.8, 4) is 23.0 Å². The summed E-state index contributed by atoms with van der Waals surface area (Å²) in [6.45, 7) is 0.149. The van der Waals surface area contributed by atoms with Gasteiger partial charge in [0.2, 0.25) is 18.6 Å². The summed E-state index contributed by atoms with van der Waals surface area (Å²) in [5, 5.41) is 10.0. The van der Waals surface area contributed by atoms with Crippen molar-refractivity contribution in [2.24, 2.45) is 0 Å². The molecule has 28 heavy (non-hydrogen) atoms. The normalized spacial score (nSPS) is 12.7. The molecule has 0 radical (unpaired) electrons. The Morgan fingerprint density at radius 3 is 2.64 bits per heavy atom. The van der Waals surface area contributed by atoms with Crippen molar-refractivity contribution < 1.29 is 27.1 Å². The number of benzene rings is 2. The molecular weight excluding hydrogens is 386 g/mol. The molecule has 1 amide bonds. The summed E-state index contributed by atoms with van der Waals surface area (Å²) < 4.78 is 40.4. The van der Waals surface area contributed by atoms with E-state index in [1.165, 1.54) is 12.1 Å². The number of hydrogen-bond acceptors (Lipinski definition) is 8.